The summed E-state index contributed by atoms with van der Waals surface area (Å²) < 4.78 is 5.91. The molecule has 0 N–H and O–H groups in total. The lowest BCUT2D eigenvalue weighted by Gasteiger charge is -2.18. The van der Waals surface area contributed by atoms with Crippen LogP contribution in [0.1, 0.15) is 31.9 Å². The molecule has 0 saturated heterocycles. The number of hydrogen-bond acceptors (Lipinski definition) is 2. The highest BCUT2D eigenvalue weighted by atomic mass is 16.4. The van der Waals surface area contributed by atoms with Crippen LogP contribution in [0, 0.1) is 6.92 Å². The summed E-state index contributed by atoms with van der Waals surface area (Å²) in [7, 11) is 0. The summed E-state index contributed by atoms with van der Waals surface area (Å²) in [5.74, 6) is 1.46. The molecule has 0 fully saturated rings. The largest absolute Gasteiger partial charge is 0.436 e. The number of rotatable bonds is 2. The van der Waals surface area contributed by atoms with Gasteiger partial charge in [0.25, 0.3) is 0 Å². The van der Waals surface area contributed by atoms with Gasteiger partial charge in [-0.2, -0.15) is 0 Å². The molecule has 0 unspecified atom stereocenters. The number of hydrogen-bond donors (Lipinski definition) is 0. The monoisotopic (exact) mass is 291 g/mol. The standard InChI is InChI=1S/C20H21NO/c1-14-5-7-16(8-6-14)19-21-13-18(22-19)15-9-11-17(12-10-15)20(2,3)4/h5-13H,1-4H3. The zero-order valence-electron chi connectivity index (χ0n) is 13.6. The molecule has 2 nitrogen and oxygen atoms in total. The maximum absolute atomic E-state index is 5.91. The third-order valence-electron chi connectivity index (χ3n) is 3.84. The Bertz CT molecular complexity index is 759. The minimum atomic E-state index is 0.160. The number of aromatic nitrogens is 1. The number of aryl methyl sites for hydroxylation is 1. The number of oxazole rings is 1. The van der Waals surface area contributed by atoms with Crippen LogP contribution >= 0.6 is 0 Å². The lowest BCUT2D eigenvalue weighted by atomic mass is 9.86. The lowest BCUT2D eigenvalue weighted by Crippen LogP contribution is -2.10. The first kappa shape index (κ1) is 14.6. The quantitative estimate of drug-likeness (QED) is 0.613. The van der Waals surface area contributed by atoms with Crippen LogP contribution in [0.5, 0.6) is 0 Å². The maximum Gasteiger partial charge on any atom is 0.226 e. The van der Waals surface area contributed by atoms with Crippen LogP contribution in [0.25, 0.3) is 22.8 Å². The Morgan fingerprint density at radius 3 is 2.00 bits per heavy atom. The molecule has 22 heavy (non-hydrogen) atoms. The maximum atomic E-state index is 5.91. The third-order valence-corrected chi connectivity index (χ3v) is 3.84. The second-order valence-electron chi connectivity index (χ2n) is 6.72. The minimum absolute atomic E-state index is 0.160. The van der Waals surface area contributed by atoms with Gasteiger partial charge in [-0.1, -0.05) is 62.7 Å². The van der Waals surface area contributed by atoms with Crippen molar-refractivity contribution in [3.8, 4) is 22.8 Å². The molecule has 0 spiro atoms. The van der Waals surface area contributed by atoms with Gasteiger partial charge < -0.3 is 4.42 Å². The second-order valence-corrected chi connectivity index (χ2v) is 6.72. The first-order valence-electron chi connectivity index (χ1n) is 7.57. The average Bonchev–Trinajstić information content (AvgIpc) is 2.97. The van der Waals surface area contributed by atoms with Gasteiger partial charge >= 0.3 is 0 Å². The smallest absolute Gasteiger partial charge is 0.226 e. The Labute approximate surface area is 131 Å². The van der Waals surface area contributed by atoms with Gasteiger partial charge in [-0.3, -0.25) is 0 Å². The molecule has 0 saturated carbocycles. The van der Waals surface area contributed by atoms with Crippen LogP contribution < -0.4 is 0 Å². The SMILES string of the molecule is Cc1ccc(-c2ncc(-c3ccc(C(C)(C)C)cc3)o2)cc1. The van der Waals surface area contributed by atoms with Crippen molar-refractivity contribution < 1.29 is 4.42 Å². The summed E-state index contributed by atoms with van der Waals surface area (Å²) in [6, 6.07) is 16.7. The molecular weight excluding hydrogens is 270 g/mol. The fourth-order valence-corrected chi connectivity index (χ4v) is 2.37. The highest BCUT2D eigenvalue weighted by Gasteiger charge is 2.14. The molecule has 0 bridgehead atoms. The Balaban J connectivity index is 1.89. The van der Waals surface area contributed by atoms with Crippen molar-refractivity contribution >= 4 is 0 Å². The third kappa shape index (κ3) is 2.96. The van der Waals surface area contributed by atoms with Crippen molar-refractivity contribution in [3.05, 3.63) is 65.9 Å². The molecule has 1 heterocycles. The summed E-state index contributed by atoms with van der Waals surface area (Å²) in [6.07, 6.45) is 1.79. The molecule has 3 rings (SSSR count). The Hall–Kier alpha value is -2.35. The van der Waals surface area contributed by atoms with E-state index in [2.05, 4.69) is 69.1 Å². The van der Waals surface area contributed by atoms with Gasteiger partial charge in [-0.15, -0.1) is 0 Å². The van der Waals surface area contributed by atoms with Crippen LogP contribution in [0.3, 0.4) is 0 Å². The molecule has 0 aliphatic carbocycles. The molecule has 1 aromatic heterocycles. The van der Waals surface area contributed by atoms with E-state index in [1.54, 1.807) is 6.20 Å². The predicted octanol–water partition coefficient (Wildman–Crippen LogP) is 5.61. The molecule has 0 atom stereocenters. The average molecular weight is 291 g/mol. The first-order chi connectivity index (χ1) is 10.4. The van der Waals surface area contributed by atoms with Crippen molar-refractivity contribution in [3.63, 3.8) is 0 Å². The zero-order chi connectivity index (χ0) is 15.7. The highest BCUT2D eigenvalue weighted by Crippen LogP contribution is 2.29. The summed E-state index contributed by atoms with van der Waals surface area (Å²) in [4.78, 5) is 4.40. The molecule has 2 aromatic carbocycles. The van der Waals surface area contributed by atoms with Crippen molar-refractivity contribution in [2.75, 3.05) is 0 Å². The second kappa shape index (κ2) is 5.45. The van der Waals surface area contributed by atoms with Gasteiger partial charge in [0.15, 0.2) is 5.76 Å². The summed E-state index contributed by atoms with van der Waals surface area (Å²) in [5.41, 5.74) is 4.76. The molecule has 2 heteroatoms. The fraction of sp³-hybridized carbons (Fsp3) is 0.250. The number of benzene rings is 2. The van der Waals surface area contributed by atoms with E-state index in [0.717, 1.165) is 16.9 Å². The Kier molecular flexibility index (Phi) is 3.61. The van der Waals surface area contributed by atoms with Crippen LogP contribution in [0.2, 0.25) is 0 Å². The molecule has 0 aliphatic rings. The van der Waals surface area contributed by atoms with Gasteiger partial charge in [-0.25, -0.2) is 4.98 Å². The molecule has 112 valence electrons. The van der Waals surface area contributed by atoms with Gasteiger partial charge in [0, 0.05) is 11.1 Å². The zero-order valence-corrected chi connectivity index (χ0v) is 13.6. The van der Waals surface area contributed by atoms with E-state index < -0.39 is 0 Å². The Morgan fingerprint density at radius 2 is 1.41 bits per heavy atom. The summed E-state index contributed by atoms with van der Waals surface area (Å²) >= 11 is 0. The van der Waals surface area contributed by atoms with E-state index in [0.29, 0.717) is 5.89 Å². The van der Waals surface area contributed by atoms with Gasteiger partial charge in [0.2, 0.25) is 5.89 Å². The lowest BCUT2D eigenvalue weighted by molar-refractivity contribution is 0.585. The van der Waals surface area contributed by atoms with E-state index in [-0.39, 0.29) is 5.41 Å². The molecule has 0 radical (unpaired) electrons. The Morgan fingerprint density at radius 1 is 0.818 bits per heavy atom. The first-order valence-corrected chi connectivity index (χ1v) is 7.57. The van der Waals surface area contributed by atoms with Crippen molar-refractivity contribution in [2.24, 2.45) is 0 Å². The van der Waals surface area contributed by atoms with E-state index in [9.17, 15) is 0 Å². The van der Waals surface area contributed by atoms with Crippen molar-refractivity contribution in [2.45, 2.75) is 33.1 Å². The molecule has 3 aromatic rings. The van der Waals surface area contributed by atoms with Crippen LogP contribution in [0.15, 0.2) is 59.1 Å². The van der Waals surface area contributed by atoms with Crippen molar-refractivity contribution in [1.82, 2.24) is 4.98 Å². The molecule has 0 aliphatic heterocycles. The minimum Gasteiger partial charge on any atom is -0.436 e. The van der Waals surface area contributed by atoms with Crippen LogP contribution in [-0.2, 0) is 5.41 Å². The van der Waals surface area contributed by atoms with E-state index in [4.69, 9.17) is 4.42 Å². The van der Waals surface area contributed by atoms with Crippen molar-refractivity contribution in [1.29, 1.82) is 0 Å². The van der Waals surface area contributed by atoms with E-state index in [1.807, 2.05) is 12.1 Å². The topological polar surface area (TPSA) is 26.0 Å². The van der Waals surface area contributed by atoms with Gasteiger partial charge in [0.1, 0.15) is 0 Å². The highest BCUT2D eigenvalue weighted by molar-refractivity contribution is 5.61. The molecule has 0 amide bonds. The summed E-state index contributed by atoms with van der Waals surface area (Å²) in [5, 5.41) is 0. The normalized spacial score (nSPS) is 11.6. The van der Waals surface area contributed by atoms with Gasteiger partial charge in [0.05, 0.1) is 6.20 Å². The van der Waals surface area contributed by atoms with E-state index in [1.165, 1.54) is 11.1 Å². The van der Waals surface area contributed by atoms with Crippen LogP contribution in [-0.4, -0.2) is 4.98 Å². The predicted molar refractivity (Wildman–Crippen MR) is 90.8 cm³/mol. The van der Waals surface area contributed by atoms with Gasteiger partial charge in [-0.05, 0) is 30.0 Å². The van der Waals surface area contributed by atoms with E-state index >= 15 is 0 Å². The number of nitrogens with zero attached hydrogens (tertiary/aromatic N) is 1. The molecular formula is C20H21NO. The fourth-order valence-electron chi connectivity index (χ4n) is 2.37. The summed E-state index contributed by atoms with van der Waals surface area (Å²) in [6.45, 7) is 8.71. The van der Waals surface area contributed by atoms with Crippen LogP contribution in [0.4, 0.5) is 0 Å².